The summed E-state index contributed by atoms with van der Waals surface area (Å²) in [6, 6.07) is 0.861. The second-order valence-electron chi connectivity index (χ2n) is 2.11. The van der Waals surface area contributed by atoms with Gasteiger partial charge in [-0.25, -0.2) is 4.39 Å². The quantitative estimate of drug-likeness (QED) is 0.384. The average Bonchev–Trinajstić information content (AvgIpc) is 2.02. The van der Waals surface area contributed by atoms with Crippen LogP contribution in [0.4, 0.5) is 20.2 Å². The molecule has 0 heterocycles. The van der Waals surface area contributed by atoms with Gasteiger partial charge in [0.15, 0.2) is 4.98 Å². The van der Waals surface area contributed by atoms with Crippen LogP contribution in [0.3, 0.4) is 0 Å². The molecule has 0 bridgehead atoms. The number of benzene rings is 1. The van der Waals surface area contributed by atoms with Crippen LogP contribution in [0.1, 0.15) is 0 Å². The zero-order valence-corrected chi connectivity index (χ0v) is 6.07. The summed E-state index contributed by atoms with van der Waals surface area (Å²) in [5, 5.41) is 18.4. The molecule has 0 radical (unpaired) electrons. The number of hydrogen-bond donors (Lipinski definition) is 0. The lowest BCUT2D eigenvalue weighted by Gasteiger charge is -1.88. The summed E-state index contributed by atoms with van der Waals surface area (Å²) in [7, 11) is 0. The first-order valence-corrected chi connectivity index (χ1v) is 3.05. The van der Waals surface area contributed by atoms with Gasteiger partial charge in [0.25, 0.3) is 0 Å². The Bertz CT molecular complexity index is 413. The maximum Gasteiger partial charge on any atom is 0.496 e. The van der Waals surface area contributed by atoms with Crippen LogP contribution in [-0.4, -0.2) is 4.92 Å². The Balaban J connectivity index is 3.50. The summed E-state index contributed by atoms with van der Waals surface area (Å²) in [6.07, 6.45) is 0. The van der Waals surface area contributed by atoms with E-state index in [9.17, 15) is 18.9 Å². The zero-order valence-electron chi connectivity index (χ0n) is 6.07. The third-order valence-corrected chi connectivity index (χ3v) is 1.30. The van der Waals surface area contributed by atoms with Crippen LogP contribution in [0.25, 0.3) is 4.98 Å². The molecule has 13 heavy (non-hydrogen) atoms. The molecular formula is C6H2F2N3O2+. The molecule has 0 aromatic heterocycles. The predicted molar refractivity (Wildman–Crippen MR) is 37.8 cm³/mol. The number of nitro benzene ring substituents is 1. The fraction of sp³-hybridized carbons (Fsp3) is 0. The highest BCUT2D eigenvalue weighted by Gasteiger charge is 2.31. The molecular weight excluding hydrogens is 184 g/mol. The number of nitrogens with zero attached hydrogens (tertiary/aromatic N) is 3. The number of nitro groups is 1. The molecule has 0 N–H and O–H groups in total. The summed E-state index contributed by atoms with van der Waals surface area (Å²) < 4.78 is 25.1. The Morgan fingerprint density at radius 3 is 2.54 bits per heavy atom. The van der Waals surface area contributed by atoms with Crippen LogP contribution in [0.5, 0.6) is 0 Å². The highest BCUT2D eigenvalue weighted by atomic mass is 19.1. The van der Waals surface area contributed by atoms with Crippen molar-refractivity contribution in [2.75, 3.05) is 0 Å². The lowest BCUT2D eigenvalue weighted by molar-refractivity contribution is -0.384. The lowest BCUT2D eigenvalue weighted by Crippen LogP contribution is -1.91. The Kier molecular flexibility index (Phi) is 2.15. The number of hydrogen-bond acceptors (Lipinski definition) is 3. The molecule has 7 heteroatoms. The molecule has 0 saturated carbocycles. The van der Waals surface area contributed by atoms with Crippen LogP contribution >= 0.6 is 0 Å². The minimum absolute atomic E-state index is 0.391. The number of rotatable bonds is 1. The van der Waals surface area contributed by atoms with Gasteiger partial charge in [0.1, 0.15) is 5.82 Å². The first-order chi connectivity index (χ1) is 6.06. The van der Waals surface area contributed by atoms with Crippen LogP contribution < -0.4 is 0 Å². The van der Waals surface area contributed by atoms with Gasteiger partial charge in [0.2, 0.25) is 11.2 Å². The molecule has 0 unspecified atom stereocenters. The van der Waals surface area contributed by atoms with E-state index in [0.717, 1.165) is 0 Å². The van der Waals surface area contributed by atoms with Crippen LogP contribution in [0.15, 0.2) is 12.1 Å². The highest BCUT2D eigenvalue weighted by Crippen LogP contribution is 2.30. The topological polar surface area (TPSA) is 71.3 Å². The summed E-state index contributed by atoms with van der Waals surface area (Å²) in [4.78, 5) is 11.5. The van der Waals surface area contributed by atoms with Crippen molar-refractivity contribution in [2.45, 2.75) is 0 Å². The second-order valence-corrected chi connectivity index (χ2v) is 2.11. The standard InChI is InChI=1S/C6H2F2N3O2/c7-3-1-4(8)6(10-9)5(2-3)11(12)13/h1-2H/q+1. The summed E-state index contributed by atoms with van der Waals surface area (Å²) in [5.74, 6) is -2.38. The fourth-order valence-electron chi connectivity index (χ4n) is 0.791. The Labute approximate surface area is 70.4 Å². The summed E-state index contributed by atoms with van der Waals surface area (Å²) >= 11 is 0. The van der Waals surface area contributed by atoms with Gasteiger partial charge in [0.05, 0.1) is 11.0 Å². The lowest BCUT2D eigenvalue weighted by atomic mass is 10.2. The van der Waals surface area contributed by atoms with E-state index in [4.69, 9.17) is 5.39 Å². The molecule has 0 saturated heterocycles. The van der Waals surface area contributed by atoms with Crippen molar-refractivity contribution in [1.29, 1.82) is 5.39 Å². The normalized spacial score (nSPS) is 9.31. The highest BCUT2D eigenvalue weighted by molar-refractivity contribution is 5.62. The third kappa shape index (κ3) is 1.56. The Hall–Kier alpha value is -2.10. The number of diazo groups is 1. The molecule has 5 nitrogen and oxygen atoms in total. The van der Waals surface area contributed by atoms with E-state index in [1.54, 1.807) is 0 Å². The van der Waals surface area contributed by atoms with Crippen LogP contribution in [0, 0.1) is 27.1 Å². The molecule has 0 aliphatic carbocycles. The number of halogens is 2. The van der Waals surface area contributed by atoms with Gasteiger partial charge in [-0.3, -0.25) is 10.1 Å². The Morgan fingerprint density at radius 1 is 1.46 bits per heavy atom. The molecule has 0 aliphatic rings. The summed E-state index contributed by atoms with van der Waals surface area (Å²) in [6.45, 7) is 0. The molecule has 0 fully saturated rings. The van der Waals surface area contributed by atoms with Gasteiger partial charge in [-0.05, 0) is 0 Å². The van der Waals surface area contributed by atoms with Crippen molar-refractivity contribution in [1.82, 2.24) is 0 Å². The maximum atomic E-state index is 12.7. The minimum atomic E-state index is -1.28. The van der Waals surface area contributed by atoms with Gasteiger partial charge in [-0.1, -0.05) is 0 Å². The van der Waals surface area contributed by atoms with E-state index in [-0.39, 0.29) is 0 Å². The van der Waals surface area contributed by atoms with Gasteiger partial charge < -0.3 is 0 Å². The molecule has 0 spiro atoms. The van der Waals surface area contributed by atoms with Crippen LogP contribution in [-0.2, 0) is 0 Å². The van der Waals surface area contributed by atoms with E-state index in [0.29, 0.717) is 12.1 Å². The van der Waals surface area contributed by atoms with Crippen molar-refractivity contribution < 1.29 is 13.7 Å². The second kappa shape index (κ2) is 3.10. The molecule has 0 atom stereocenters. The smallest absolute Gasteiger partial charge is 0.258 e. The van der Waals surface area contributed by atoms with Crippen molar-refractivity contribution in [3.63, 3.8) is 0 Å². The first-order valence-electron chi connectivity index (χ1n) is 3.05. The Morgan fingerprint density at radius 2 is 2.08 bits per heavy atom. The average molecular weight is 186 g/mol. The van der Waals surface area contributed by atoms with Crippen molar-refractivity contribution in [3.05, 3.63) is 38.9 Å². The van der Waals surface area contributed by atoms with Gasteiger partial charge >= 0.3 is 11.4 Å². The van der Waals surface area contributed by atoms with Gasteiger partial charge in [-0.15, -0.1) is 0 Å². The minimum Gasteiger partial charge on any atom is -0.258 e. The van der Waals surface area contributed by atoms with E-state index in [1.807, 2.05) is 0 Å². The van der Waals surface area contributed by atoms with Crippen LogP contribution in [0.2, 0.25) is 0 Å². The fourth-order valence-corrected chi connectivity index (χ4v) is 0.791. The zero-order chi connectivity index (χ0) is 10.0. The van der Waals surface area contributed by atoms with Crippen molar-refractivity contribution in [2.24, 2.45) is 0 Å². The van der Waals surface area contributed by atoms with Crippen molar-refractivity contribution in [3.8, 4) is 0 Å². The molecule has 1 aromatic rings. The van der Waals surface area contributed by atoms with E-state index < -0.39 is 27.9 Å². The summed E-state index contributed by atoms with van der Waals surface area (Å²) in [5.41, 5.74) is -1.80. The maximum absolute atomic E-state index is 12.7. The SMILES string of the molecule is N#[N+]c1c(F)cc(F)cc1[N+](=O)[O-]. The third-order valence-electron chi connectivity index (χ3n) is 1.30. The molecule has 0 amide bonds. The van der Waals surface area contributed by atoms with Gasteiger partial charge in [-0.2, -0.15) is 4.39 Å². The van der Waals surface area contributed by atoms with Gasteiger partial charge in [0, 0.05) is 6.07 Å². The first kappa shape index (κ1) is 8.99. The van der Waals surface area contributed by atoms with E-state index in [1.165, 1.54) is 0 Å². The largest absolute Gasteiger partial charge is 0.496 e. The molecule has 66 valence electrons. The predicted octanol–water partition coefficient (Wildman–Crippen LogP) is 2.36. The monoisotopic (exact) mass is 186 g/mol. The molecule has 1 rings (SSSR count). The molecule has 0 aliphatic heterocycles. The van der Waals surface area contributed by atoms with E-state index in [2.05, 4.69) is 4.98 Å². The molecule has 1 aromatic carbocycles. The van der Waals surface area contributed by atoms with E-state index >= 15 is 0 Å². The van der Waals surface area contributed by atoms with Crippen molar-refractivity contribution >= 4 is 11.4 Å².